The van der Waals surface area contributed by atoms with E-state index in [1.165, 1.54) is 0 Å². The Morgan fingerprint density at radius 3 is 2.20 bits per heavy atom. The van der Waals surface area contributed by atoms with Gasteiger partial charge in [0.15, 0.2) is 0 Å². The molecule has 0 aromatic rings. The van der Waals surface area contributed by atoms with E-state index >= 15 is 0 Å². The van der Waals surface area contributed by atoms with Gasteiger partial charge in [-0.05, 0) is 13.8 Å². The molecule has 1 amide bonds. The van der Waals surface area contributed by atoms with E-state index in [0.717, 1.165) is 0 Å². The van der Waals surface area contributed by atoms with Crippen molar-refractivity contribution in [3.05, 3.63) is 0 Å². The molecule has 1 rings (SSSR count). The Morgan fingerprint density at radius 2 is 2.10 bits per heavy atom. The van der Waals surface area contributed by atoms with Crippen molar-refractivity contribution in [2.45, 2.75) is 31.6 Å². The minimum Gasteiger partial charge on any atom is -0.351 e. The number of rotatable bonds is 1. The Balaban J connectivity index is 2.56. The second kappa shape index (κ2) is 2.16. The first-order valence-electron chi connectivity index (χ1n) is 3.45. The molecule has 0 bridgehead atoms. The molecule has 0 unspecified atom stereocenters. The molecule has 10 heavy (non-hydrogen) atoms. The lowest BCUT2D eigenvalue weighted by atomic mass is 9.84. The standard InChI is InChI=1S/C7H13NOS/c1-4-5(7(2,3)10)8-6(4)9/h4-5,10H,1-3H3,(H,8,9)/t4-,5+/m0/s1. The highest BCUT2D eigenvalue weighted by Crippen LogP contribution is 2.29. The van der Waals surface area contributed by atoms with Crippen molar-refractivity contribution in [3.63, 3.8) is 0 Å². The maximum Gasteiger partial charge on any atom is 0.225 e. The third kappa shape index (κ3) is 1.15. The minimum absolute atomic E-state index is 0.0900. The summed E-state index contributed by atoms with van der Waals surface area (Å²) in [4.78, 5) is 10.7. The zero-order valence-electron chi connectivity index (χ0n) is 6.51. The highest BCUT2D eigenvalue weighted by Gasteiger charge is 2.43. The van der Waals surface area contributed by atoms with E-state index in [2.05, 4.69) is 17.9 Å². The van der Waals surface area contributed by atoms with Crippen LogP contribution in [-0.2, 0) is 4.79 Å². The van der Waals surface area contributed by atoms with Crippen LogP contribution in [0.25, 0.3) is 0 Å². The number of carbonyl (C=O) groups is 1. The van der Waals surface area contributed by atoms with E-state index in [1.807, 2.05) is 20.8 Å². The first-order chi connectivity index (χ1) is 4.43. The van der Waals surface area contributed by atoms with Gasteiger partial charge in [0.25, 0.3) is 0 Å². The summed E-state index contributed by atoms with van der Waals surface area (Å²) in [6, 6.07) is 0.239. The average molecular weight is 159 g/mol. The van der Waals surface area contributed by atoms with Gasteiger partial charge in [0.05, 0.1) is 12.0 Å². The lowest BCUT2D eigenvalue weighted by Gasteiger charge is -2.42. The highest BCUT2D eigenvalue weighted by atomic mass is 32.1. The van der Waals surface area contributed by atoms with Crippen molar-refractivity contribution in [1.82, 2.24) is 5.32 Å². The fraction of sp³-hybridized carbons (Fsp3) is 0.857. The van der Waals surface area contributed by atoms with Crippen LogP contribution in [-0.4, -0.2) is 16.7 Å². The van der Waals surface area contributed by atoms with Crippen molar-refractivity contribution >= 4 is 18.5 Å². The third-order valence-electron chi connectivity index (χ3n) is 1.97. The summed E-state index contributed by atoms with van der Waals surface area (Å²) in [7, 11) is 0. The van der Waals surface area contributed by atoms with Gasteiger partial charge >= 0.3 is 0 Å². The van der Waals surface area contributed by atoms with E-state index < -0.39 is 0 Å². The van der Waals surface area contributed by atoms with Crippen LogP contribution in [0.5, 0.6) is 0 Å². The molecule has 1 N–H and O–H groups in total. The Morgan fingerprint density at radius 1 is 1.60 bits per heavy atom. The largest absolute Gasteiger partial charge is 0.351 e. The molecule has 1 aliphatic rings. The Kier molecular flexibility index (Phi) is 1.71. The molecule has 58 valence electrons. The third-order valence-corrected chi connectivity index (χ3v) is 2.25. The van der Waals surface area contributed by atoms with E-state index in [0.29, 0.717) is 0 Å². The van der Waals surface area contributed by atoms with Gasteiger partial charge in [-0.1, -0.05) is 6.92 Å². The van der Waals surface area contributed by atoms with Crippen molar-refractivity contribution in [3.8, 4) is 0 Å². The topological polar surface area (TPSA) is 29.1 Å². The van der Waals surface area contributed by atoms with E-state index in [1.54, 1.807) is 0 Å². The molecule has 0 aliphatic carbocycles. The summed E-state index contributed by atoms with van der Waals surface area (Å²) >= 11 is 4.37. The van der Waals surface area contributed by atoms with Crippen molar-refractivity contribution in [2.24, 2.45) is 5.92 Å². The molecule has 1 saturated heterocycles. The molecule has 0 saturated carbocycles. The normalized spacial score (nSPS) is 33.0. The molecular formula is C7H13NOS. The molecule has 2 nitrogen and oxygen atoms in total. The molecule has 2 atom stereocenters. The van der Waals surface area contributed by atoms with Gasteiger partial charge in [0.1, 0.15) is 0 Å². The Hall–Kier alpha value is -0.180. The van der Waals surface area contributed by atoms with E-state index in [9.17, 15) is 4.79 Å². The van der Waals surface area contributed by atoms with Crippen LogP contribution < -0.4 is 5.32 Å². The second-order valence-corrected chi connectivity index (χ2v) is 4.58. The minimum atomic E-state index is -0.0900. The zero-order valence-corrected chi connectivity index (χ0v) is 7.40. The molecule has 0 aromatic heterocycles. The smallest absolute Gasteiger partial charge is 0.225 e. The average Bonchev–Trinajstić information content (AvgIpc) is 1.79. The fourth-order valence-corrected chi connectivity index (χ4v) is 1.54. The van der Waals surface area contributed by atoms with Crippen LogP contribution in [0.4, 0.5) is 0 Å². The monoisotopic (exact) mass is 159 g/mol. The summed E-state index contributed by atoms with van der Waals surface area (Å²) < 4.78 is -0.0900. The van der Waals surface area contributed by atoms with E-state index in [4.69, 9.17) is 0 Å². The van der Waals surface area contributed by atoms with Crippen molar-refractivity contribution < 1.29 is 4.79 Å². The fourth-order valence-electron chi connectivity index (χ4n) is 1.25. The number of hydrogen-bond acceptors (Lipinski definition) is 2. The van der Waals surface area contributed by atoms with Crippen LogP contribution in [0.1, 0.15) is 20.8 Å². The summed E-state index contributed by atoms with van der Waals surface area (Å²) in [5.74, 6) is 0.277. The number of hydrogen-bond donors (Lipinski definition) is 2. The number of amides is 1. The van der Waals surface area contributed by atoms with Crippen molar-refractivity contribution in [1.29, 1.82) is 0 Å². The second-order valence-electron chi connectivity index (χ2n) is 3.43. The summed E-state index contributed by atoms with van der Waals surface area (Å²) in [6.07, 6.45) is 0. The van der Waals surface area contributed by atoms with Gasteiger partial charge in [0, 0.05) is 4.75 Å². The Bertz CT molecular complexity index is 161. The van der Waals surface area contributed by atoms with Gasteiger partial charge in [-0.3, -0.25) is 4.79 Å². The van der Waals surface area contributed by atoms with E-state index in [-0.39, 0.29) is 22.6 Å². The molecule has 0 spiro atoms. The maximum absolute atomic E-state index is 10.7. The van der Waals surface area contributed by atoms with Crippen molar-refractivity contribution in [2.75, 3.05) is 0 Å². The summed E-state index contributed by atoms with van der Waals surface area (Å²) in [6.45, 7) is 5.95. The van der Waals surface area contributed by atoms with Gasteiger partial charge in [0.2, 0.25) is 5.91 Å². The van der Waals surface area contributed by atoms with Crippen LogP contribution in [0.15, 0.2) is 0 Å². The number of carbonyl (C=O) groups excluding carboxylic acids is 1. The zero-order chi connectivity index (χ0) is 7.94. The summed E-state index contributed by atoms with van der Waals surface area (Å²) in [5, 5.41) is 2.82. The number of thiol groups is 1. The first kappa shape index (κ1) is 7.92. The Labute approximate surface area is 66.8 Å². The van der Waals surface area contributed by atoms with Gasteiger partial charge in [-0.25, -0.2) is 0 Å². The molecular weight excluding hydrogens is 146 g/mol. The lowest BCUT2D eigenvalue weighted by molar-refractivity contribution is -0.134. The molecule has 0 radical (unpaired) electrons. The van der Waals surface area contributed by atoms with Crippen LogP contribution in [0.2, 0.25) is 0 Å². The molecule has 1 fully saturated rings. The highest BCUT2D eigenvalue weighted by molar-refractivity contribution is 7.81. The molecule has 3 heteroatoms. The lowest BCUT2D eigenvalue weighted by Crippen LogP contribution is -2.64. The number of nitrogens with one attached hydrogen (secondary N) is 1. The number of β-lactam (4-membered cyclic amide) rings is 1. The quantitative estimate of drug-likeness (QED) is 0.430. The van der Waals surface area contributed by atoms with Gasteiger partial charge in [-0.15, -0.1) is 0 Å². The molecule has 1 heterocycles. The molecule has 1 aliphatic heterocycles. The van der Waals surface area contributed by atoms with Gasteiger partial charge in [-0.2, -0.15) is 12.6 Å². The first-order valence-corrected chi connectivity index (χ1v) is 3.90. The maximum atomic E-state index is 10.7. The predicted octanol–water partition coefficient (Wildman–Crippen LogP) is 0.829. The van der Waals surface area contributed by atoms with Gasteiger partial charge < -0.3 is 5.32 Å². The molecule has 0 aromatic carbocycles. The van der Waals surface area contributed by atoms with Crippen LogP contribution in [0.3, 0.4) is 0 Å². The predicted molar refractivity (Wildman–Crippen MR) is 44.2 cm³/mol. The van der Waals surface area contributed by atoms with Crippen LogP contribution in [0, 0.1) is 5.92 Å². The summed E-state index contributed by atoms with van der Waals surface area (Å²) in [5.41, 5.74) is 0. The SMILES string of the molecule is C[C@@H]1C(=O)N[C@H]1C(C)(C)S. The van der Waals surface area contributed by atoms with Crippen LogP contribution >= 0.6 is 12.6 Å².